The predicted octanol–water partition coefficient (Wildman–Crippen LogP) is 1.66. The summed E-state index contributed by atoms with van der Waals surface area (Å²) in [5.74, 6) is 0. The van der Waals surface area contributed by atoms with Crippen molar-refractivity contribution in [1.82, 2.24) is 4.90 Å². The van der Waals surface area contributed by atoms with Gasteiger partial charge < -0.3 is 4.90 Å². The van der Waals surface area contributed by atoms with Crippen molar-refractivity contribution in [2.45, 2.75) is 18.1 Å². The van der Waals surface area contributed by atoms with E-state index in [0.717, 1.165) is 5.25 Å². The predicted molar refractivity (Wildman–Crippen MR) is 47.1 cm³/mol. The molecule has 1 aliphatic rings. The molecule has 0 amide bonds. The first-order valence-corrected chi connectivity index (χ1v) is 5.25. The molecule has 1 rings (SSSR count). The molecule has 0 aromatic carbocycles. The third kappa shape index (κ3) is 2.40. The molecule has 54 valence electrons. The summed E-state index contributed by atoms with van der Waals surface area (Å²) in [6, 6.07) is 0. The lowest BCUT2D eigenvalue weighted by molar-refractivity contribution is 0.284. The molecule has 0 aromatic rings. The molecule has 0 bridgehead atoms. The highest BCUT2D eigenvalue weighted by Gasteiger charge is 2.15. The van der Waals surface area contributed by atoms with Crippen LogP contribution in [-0.2, 0) is 0 Å². The summed E-state index contributed by atoms with van der Waals surface area (Å²) < 4.78 is 0. The van der Waals surface area contributed by atoms with E-state index in [4.69, 9.17) is 0 Å². The van der Waals surface area contributed by atoms with Gasteiger partial charge in [-0.05, 0) is 26.4 Å². The first-order chi connectivity index (χ1) is 4.33. The van der Waals surface area contributed by atoms with Gasteiger partial charge in [-0.3, -0.25) is 0 Å². The Labute approximate surface area is 66.0 Å². The SMILES string of the molecule is CN1CCCC(SS)C1. The first-order valence-electron chi connectivity index (χ1n) is 3.31. The number of likely N-dealkylation sites (tertiary alicyclic amines) is 1. The Bertz CT molecular complexity index is 87.1. The van der Waals surface area contributed by atoms with Crippen LogP contribution in [0.15, 0.2) is 0 Å². The molecule has 1 unspecified atom stereocenters. The van der Waals surface area contributed by atoms with Crippen molar-refractivity contribution in [2.24, 2.45) is 0 Å². The van der Waals surface area contributed by atoms with Gasteiger partial charge in [-0.15, -0.1) is 11.7 Å². The van der Waals surface area contributed by atoms with E-state index in [2.05, 4.69) is 23.6 Å². The number of nitrogens with zero attached hydrogens (tertiary/aromatic N) is 1. The average molecular weight is 163 g/mol. The molecule has 1 fully saturated rings. The minimum absolute atomic E-state index is 0.770. The molecule has 3 heteroatoms. The van der Waals surface area contributed by atoms with Crippen LogP contribution in [0.1, 0.15) is 12.8 Å². The average Bonchev–Trinajstić information content (AvgIpc) is 1.88. The highest BCUT2D eigenvalue weighted by atomic mass is 33.1. The fraction of sp³-hybridized carbons (Fsp3) is 1.00. The van der Waals surface area contributed by atoms with E-state index in [1.54, 1.807) is 10.8 Å². The van der Waals surface area contributed by atoms with Crippen molar-refractivity contribution in [1.29, 1.82) is 0 Å². The Hall–Kier alpha value is 0.660. The van der Waals surface area contributed by atoms with Gasteiger partial charge in [0.1, 0.15) is 0 Å². The third-order valence-corrected chi connectivity index (χ3v) is 3.31. The molecule has 0 aromatic heterocycles. The van der Waals surface area contributed by atoms with Crippen molar-refractivity contribution < 1.29 is 0 Å². The van der Waals surface area contributed by atoms with Gasteiger partial charge in [0.15, 0.2) is 0 Å². The fourth-order valence-corrected chi connectivity index (χ4v) is 2.31. The van der Waals surface area contributed by atoms with Crippen LogP contribution in [-0.4, -0.2) is 30.3 Å². The first kappa shape index (κ1) is 7.76. The van der Waals surface area contributed by atoms with Gasteiger partial charge in [0.05, 0.1) is 0 Å². The molecule has 1 nitrogen and oxygen atoms in total. The summed E-state index contributed by atoms with van der Waals surface area (Å²) in [5.41, 5.74) is 0. The molecular formula is C6H13NS2. The number of hydrogen-bond donors (Lipinski definition) is 1. The van der Waals surface area contributed by atoms with Crippen molar-refractivity contribution in [3.05, 3.63) is 0 Å². The Morgan fingerprint density at radius 1 is 1.67 bits per heavy atom. The summed E-state index contributed by atoms with van der Waals surface area (Å²) in [6.07, 6.45) is 2.69. The van der Waals surface area contributed by atoms with Crippen LogP contribution >= 0.6 is 22.5 Å². The maximum Gasteiger partial charge on any atom is 0.0276 e. The third-order valence-electron chi connectivity index (χ3n) is 1.73. The molecule has 1 heterocycles. The summed E-state index contributed by atoms with van der Waals surface area (Å²) in [5, 5.41) is 0.770. The molecule has 1 saturated heterocycles. The maximum absolute atomic E-state index is 4.19. The number of hydrogen-bond acceptors (Lipinski definition) is 3. The lowest BCUT2D eigenvalue weighted by atomic mass is 10.1. The monoisotopic (exact) mass is 163 g/mol. The minimum atomic E-state index is 0.770. The summed E-state index contributed by atoms with van der Waals surface area (Å²) in [7, 11) is 3.88. The van der Waals surface area contributed by atoms with E-state index in [1.807, 2.05) is 0 Å². The second kappa shape index (κ2) is 3.74. The van der Waals surface area contributed by atoms with Gasteiger partial charge in [0.25, 0.3) is 0 Å². The van der Waals surface area contributed by atoms with Crippen LogP contribution < -0.4 is 0 Å². The second-order valence-electron chi connectivity index (χ2n) is 2.63. The van der Waals surface area contributed by atoms with Crippen molar-refractivity contribution in [3.8, 4) is 0 Å². The molecular weight excluding hydrogens is 150 g/mol. The number of piperidine rings is 1. The van der Waals surface area contributed by atoms with Gasteiger partial charge in [0.2, 0.25) is 0 Å². The molecule has 1 atom stereocenters. The molecule has 9 heavy (non-hydrogen) atoms. The van der Waals surface area contributed by atoms with E-state index in [1.165, 1.54) is 25.9 Å². The number of thiol groups is 1. The van der Waals surface area contributed by atoms with E-state index in [0.29, 0.717) is 0 Å². The van der Waals surface area contributed by atoms with Gasteiger partial charge in [0, 0.05) is 11.8 Å². The molecule has 0 aliphatic carbocycles. The second-order valence-corrected chi connectivity index (χ2v) is 4.14. The van der Waals surface area contributed by atoms with E-state index in [-0.39, 0.29) is 0 Å². The van der Waals surface area contributed by atoms with Gasteiger partial charge in [-0.25, -0.2) is 0 Å². The van der Waals surface area contributed by atoms with Gasteiger partial charge in [-0.1, -0.05) is 10.8 Å². The van der Waals surface area contributed by atoms with Crippen LogP contribution in [0.2, 0.25) is 0 Å². The number of rotatable bonds is 1. The molecule has 1 aliphatic heterocycles. The van der Waals surface area contributed by atoms with Crippen LogP contribution in [0.3, 0.4) is 0 Å². The van der Waals surface area contributed by atoms with E-state index < -0.39 is 0 Å². The van der Waals surface area contributed by atoms with Crippen molar-refractivity contribution in [3.63, 3.8) is 0 Å². The van der Waals surface area contributed by atoms with Crippen LogP contribution in [0.25, 0.3) is 0 Å². The Balaban J connectivity index is 2.23. The highest BCUT2D eigenvalue weighted by molar-refractivity contribution is 8.68. The van der Waals surface area contributed by atoms with Gasteiger partial charge >= 0.3 is 0 Å². The molecule has 0 N–H and O–H groups in total. The molecule has 0 radical (unpaired) electrons. The molecule has 0 saturated carbocycles. The zero-order valence-corrected chi connectivity index (χ0v) is 7.42. The van der Waals surface area contributed by atoms with Crippen LogP contribution in [0, 0.1) is 0 Å². The standard InChI is InChI=1S/C6H13NS2/c1-7-4-2-3-6(5-7)9-8/h6,8H,2-5H2,1H3. The topological polar surface area (TPSA) is 3.24 Å². The largest absolute Gasteiger partial charge is 0.305 e. The summed E-state index contributed by atoms with van der Waals surface area (Å²) in [4.78, 5) is 2.37. The highest BCUT2D eigenvalue weighted by Crippen LogP contribution is 2.23. The van der Waals surface area contributed by atoms with Crippen molar-refractivity contribution >= 4 is 22.5 Å². The summed E-state index contributed by atoms with van der Waals surface area (Å²) >= 11 is 4.19. The minimum Gasteiger partial charge on any atom is -0.305 e. The van der Waals surface area contributed by atoms with E-state index in [9.17, 15) is 0 Å². The van der Waals surface area contributed by atoms with Gasteiger partial charge in [-0.2, -0.15) is 0 Å². The van der Waals surface area contributed by atoms with E-state index >= 15 is 0 Å². The maximum atomic E-state index is 4.19. The summed E-state index contributed by atoms with van der Waals surface area (Å²) in [6.45, 7) is 2.49. The lowest BCUT2D eigenvalue weighted by Crippen LogP contribution is -2.33. The lowest BCUT2D eigenvalue weighted by Gasteiger charge is -2.27. The van der Waals surface area contributed by atoms with Crippen LogP contribution in [0.5, 0.6) is 0 Å². The normalized spacial score (nSPS) is 30.7. The zero-order chi connectivity index (χ0) is 6.69. The van der Waals surface area contributed by atoms with Crippen LogP contribution in [0.4, 0.5) is 0 Å². The Morgan fingerprint density at radius 3 is 2.89 bits per heavy atom. The quantitative estimate of drug-likeness (QED) is 0.462. The smallest absolute Gasteiger partial charge is 0.0276 e. The molecule has 0 spiro atoms. The fourth-order valence-electron chi connectivity index (χ4n) is 1.21. The van der Waals surface area contributed by atoms with Crippen molar-refractivity contribution in [2.75, 3.05) is 20.1 Å². The Kier molecular flexibility index (Phi) is 3.22. The zero-order valence-electron chi connectivity index (χ0n) is 5.71. The Morgan fingerprint density at radius 2 is 2.44 bits per heavy atom.